The molecule has 3 rings (SSSR count). The Morgan fingerprint density at radius 2 is 1.91 bits per heavy atom. The number of nitrogens with zero attached hydrogens (tertiary/aromatic N) is 1. The van der Waals surface area contributed by atoms with Gasteiger partial charge in [0.15, 0.2) is 18.1 Å². The molecule has 2 aromatic carbocycles. The van der Waals surface area contributed by atoms with Gasteiger partial charge in [-0.3, -0.25) is 9.59 Å². The van der Waals surface area contributed by atoms with Gasteiger partial charge in [0.2, 0.25) is 0 Å². The van der Waals surface area contributed by atoms with Crippen molar-refractivity contribution in [2.24, 2.45) is 0 Å². The van der Waals surface area contributed by atoms with Gasteiger partial charge in [0.25, 0.3) is 11.8 Å². The van der Waals surface area contributed by atoms with E-state index in [1.165, 1.54) is 51.4 Å². The van der Waals surface area contributed by atoms with E-state index in [1.807, 2.05) is 0 Å². The summed E-state index contributed by atoms with van der Waals surface area (Å²) in [6, 6.07) is 13.8. The minimum atomic E-state index is -1.50. The number of ether oxygens (including phenoxy) is 2. The molecule has 0 saturated heterocycles. The maximum Gasteiger partial charge on any atom is 0.257 e. The van der Waals surface area contributed by atoms with Crippen molar-refractivity contribution in [2.45, 2.75) is 12.5 Å². The number of benzene rings is 2. The molecule has 35 heavy (non-hydrogen) atoms. The first-order valence-corrected chi connectivity index (χ1v) is 11.0. The molecule has 0 aliphatic heterocycles. The molecule has 1 unspecified atom stereocenters. The van der Waals surface area contributed by atoms with E-state index >= 15 is 0 Å². The van der Waals surface area contributed by atoms with E-state index in [4.69, 9.17) is 21.1 Å². The van der Waals surface area contributed by atoms with Crippen LogP contribution < -0.4 is 20.1 Å². The van der Waals surface area contributed by atoms with Crippen LogP contribution in [0.15, 0.2) is 54.6 Å². The lowest BCUT2D eigenvalue weighted by atomic mass is 10.00. The van der Waals surface area contributed by atoms with Gasteiger partial charge in [0.05, 0.1) is 30.1 Å². The minimum absolute atomic E-state index is 0.0331. The van der Waals surface area contributed by atoms with Crippen LogP contribution >= 0.6 is 11.6 Å². The fourth-order valence-corrected chi connectivity index (χ4v) is 3.32. The fourth-order valence-electron chi connectivity index (χ4n) is 3.14. The van der Waals surface area contributed by atoms with Crippen molar-refractivity contribution >= 4 is 23.4 Å². The Morgan fingerprint density at radius 3 is 2.60 bits per heavy atom. The average Bonchev–Trinajstić information content (AvgIpc) is 2.87. The van der Waals surface area contributed by atoms with E-state index in [0.717, 1.165) is 0 Å². The summed E-state index contributed by atoms with van der Waals surface area (Å²) in [7, 11) is 2.91. The predicted molar refractivity (Wildman–Crippen MR) is 129 cm³/mol. The number of likely N-dealkylation sites (N-methyl/N-ethyl adjacent to an activating group) is 1. The van der Waals surface area contributed by atoms with Gasteiger partial charge in [-0.15, -0.1) is 0 Å². The number of carbonyl (C=O) groups excluding carboxylic acids is 2. The Balaban J connectivity index is 1.71. The number of aromatic nitrogens is 1. The van der Waals surface area contributed by atoms with Crippen LogP contribution in [0.1, 0.15) is 23.0 Å². The van der Waals surface area contributed by atoms with Gasteiger partial charge in [0, 0.05) is 18.2 Å². The van der Waals surface area contributed by atoms with Crippen molar-refractivity contribution in [2.75, 3.05) is 27.3 Å². The van der Waals surface area contributed by atoms with Crippen LogP contribution in [0.5, 0.6) is 11.5 Å². The monoisotopic (exact) mass is 501 g/mol. The zero-order valence-electron chi connectivity index (χ0n) is 19.4. The lowest BCUT2D eigenvalue weighted by Crippen LogP contribution is -2.39. The number of hydrogen-bond donors (Lipinski definition) is 3. The molecule has 0 aliphatic rings. The first-order chi connectivity index (χ1) is 16.6. The molecular weight excluding hydrogens is 477 g/mol. The summed E-state index contributed by atoms with van der Waals surface area (Å²) in [6.07, 6.45) is 0. The zero-order valence-corrected chi connectivity index (χ0v) is 20.1. The molecule has 8 nitrogen and oxygen atoms in total. The molecule has 2 amide bonds. The number of nitrogens with one attached hydrogen (secondary N) is 2. The Morgan fingerprint density at radius 1 is 1.14 bits per heavy atom. The predicted octanol–water partition coefficient (Wildman–Crippen LogP) is 3.31. The topological polar surface area (TPSA) is 110 Å². The molecule has 10 heteroatoms. The third-order valence-corrected chi connectivity index (χ3v) is 5.46. The van der Waals surface area contributed by atoms with Gasteiger partial charge in [-0.05, 0) is 55.5 Å². The third-order valence-electron chi connectivity index (χ3n) is 5.17. The van der Waals surface area contributed by atoms with Crippen molar-refractivity contribution in [1.29, 1.82) is 0 Å². The second-order valence-corrected chi connectivity index (χ2v) is 8.23. The average molecular weight is 502 g/mol. The summed E-state index contributed by atoms with van der Waals surface area (Å²) in [5.74, 6) is -0.717. The van der Waals surface area contributed by atoms with Gasteiger partial charge >= 0.3 is 0 Å². The highest BCUT2D eigenvalue weighted by Gasteiger charge is 2.26. The SMILES string of the molecule is CNC(=O)COc1ccc(C(=O)NCC(C)(O)c2cccc(-c3ccc(F)c(Cl)c3)n2)cc1OC. The molecule has 3 N–H and O–H groups in total. The summed E-state index contributed by atoms with van der Waals surface area (Å²) >= 11 is 5.87. The Bertz CT molecular complexity index is 1240. The molecule has 0 fully saturated rings. The van der Waals surface area contributed by atoms with E-state index in [0.29, 0.717) is 22.7 Å². The quantitative estimate of drug-likeness (QED) is 0.415. The fraction of sp³-hybridized carbons (Fsp3) is 0.240. The lowest BCUT2D eigenvalue weighted by Gasteiger charge is -2.24. The second kappa shape index (κ2) is 11.2. The highest BCUT2D eigenvalue weighted by atomic mass is 35.5. The first-order valence-electron chi connectivity index (χ1n) is 10.6. The van der Waals surface area contributed by atoms with Crippen LogP contribution in [0, 0.1) is 5.82 Å². The molecule has 0 spiro atoms. The Labute approximate surface area is 207 Å². The molecule has 0 radical (unpaired) electrons. The number of hydrogen-bond acceptors (Lipinski definition) is 6. The number of halogens is 2. The van der Waals surface area contributed by atoms with Crippen LogP contribution in [0.25, 0.3) is 11.3 Å². The number of amides is 2. The van der Waals surface area contributed by atoms with Crippen LogP contribution in [-0.2, 0) is 10.4 Å². The van der Waals surface area contributed by atoms with Crippen LogP contribution in [0.4, 0.5) is 4.39 Å². The molecule has 0 saturated carbocycles. The molecule has 0 bridgehead atoms. The largest absolute Gasteiger partial charge is 0.493 e. The molecule has 0 aliphatic carbocycles. The second-order valence-electron chi connectivity index (χ2n) is 7.82. The van der Waals surface area contributed by atoms with Crippen molar-refractivity contribution in [3.8, 4) is 22.8 Å². The van der Waals surface area contributed by atoms with E-state index in [-0.39, 0.29) is 35.4 Å². The molecule has 3 aromatic rings. The summed E-state index contributed by atoms with van der Waals surface area (Å²) in [6.45, 7) is 1.19. The zero-order chi connectivity index (χ0) is 25.6. The van der Waals surface area contributed by atoms with Crippen LogP contribution in [-0.4, -0.2) is 49.2 Å². The van der Waals surface area contributed by atoms with E-state index in [2.05, 4.69) is 15.6 Å². The van der Waals surface area contributed by atoms with Crippen LogP contribution in [0.3, 0.4) is 0 Å². The van der Waals surface area contributed by atoms with Crippen molar-refractivity contribution in [3.63, 3.8) is 0 Å². The van der Waals surface area contributed by atoms with E-state index < -0.39 is 17.3 Å². The maximum atomic E-state index is 13.5. The summed E-state index contributed by atoms with van der Waals surface area (Å²) in [4.78, 5) is 28.6. The minimum Gasteiger partial charge on any atom is -0.493 e. The summed E-state index contributed by atoms with van der Waals surface area (Å²) in [5, 5.41) is 16.1. The Hall–Kier alpha value is -3.69. The van der Waals surface area contributed by atoms with Gasteiger partial charge < -0.3 is 25.2 Å². The number of rotatable bonds is 9. The van der Waals surface area contributed by atoms with Crippen LogP contribution in [0.2, 0.25) is 5.02 Å². The standard InChI is InChI=1S/C25H25ClFN3O5/c1-25(33,22-6-4-5-19(30-22)15-7-9-18(27)17(26)11-15)14-29-24(32)16-8-10-20(21(12-16)34-3)35-13-23(31)28-2/h4-12,33H,13-14H2,1-3H3,(H,28,31)(H,29,32). The first kappa shape index (κ1) is 25.9. The van der Waals surface area contributed by atoms with Gasteiger partial charge in [-0.2, -0.15) is 0 Å². The number of pyridine rings is 1. The highest BCUT2D eigenvalue weighted by molar-refractivity contribution is 6.31. The molecule has 184 valence electrons. The third kappa shape index (κ3) is 6.46. The Kier molecular flexibility index (Phi) is 8.26. The van der Waals surface area contributed by atoms with Gasteiger partial charge in [-0.25, -0.2) is 9.37 Å². The smallest absolute Gasteiger partial charge is 0.257 e. The summed E-state index contributed by atoms with van der Waals surface area (Å²) < 4.78 is 24.2. The summed E-state index contributed by atoms with van der Waals surface area (Å²) in [5.41, 5.74) is 0.159. The van der Waals surface area contributed by atoms with E-state index in [9.17, 15) is 19.1 Å². The lowest BCUT2D eigenvalue weighted by molar-refractivity contribution is -0.122. The number of aliphatic hydroxyl groups is 1. The van der Waals surface area contributed by atoms with Gasteiger partial charge in [0.1, 0.15) is 11.4 Å². The van der Waals surface area contributed by atoms with Gasteiger partial charge in [-0.1, -0.05) is 17.7 Å². The maximum absolute atomic E-state index is 13.5. The van der Waals surface area contributed by atoms with Crippen molar-refractivity contribution < 1.29 is 28.6 Å². The highest BCUT2D eigenvalue weighted by Crippen LogP contribution is 2.29. The molecule has 1 heterocycles. The molecule has 1 atom stereocenters. The normalized spacial score (nSPS) is 12.4. The molecular formula is C25H25ClFN3O5. The molecule has 1 aromatic heterocycles. The van der Waals surface area contributed by atoms with Crippen molar-refractivity contribution in [3.05, 3.63) is 76.7 Å². The number of methoxy groups -OCH3 is 1. The van der Waals surface area contributed by atoms with E-state index in [1.54, 1.807) is 24.3 Å². The van der Waals surface area contributed by atoms with Crippen molar-refractivity contribution in [1.82, 2.24) is 15.6 Å². The number of carbonyl (C=O) groups is 2.